The number of rotatable bonds is 6. The third-order valence-electron chi connectivity index (χ3n) is 3.67. The number of urea groups is 1. The number of thiophene rings is 1. The Kier molecular flexibility index (Phi) is 7.53. The zero-order valence-corrected chi connectivity index (χ0v) is 16.2. The van der Waals surface area contributed by atoms with E-state index in [0.29, 0.717) is 13.1 Å². The Labute approximate surface area is 157 Å². The van der Waals surface area contributed by atoms with Crippen LogP contribution in [0.1, 0.15) is 11.8 Å². The van der Waals surface area contributed by atoms with E-state index in [0.717, 1.165) is 23.4 Å². The predicted octanol–water partition coefficient (Wildman–Crippen LogP) is 3.31. The van der Waals surface area contributed by atoms with Gasteiger partial charge in [-0.15, -0.1) is 11.3 Å². The number of piperazine rings is 1. The van der Waals surface area contributed by atoms with Crippen LogP contribution < -0.4 is 5.32 Å². The van der Waals surface area contributed by atoms with Gasteiger partial charge in [0.1, 0.15) is 6.61 Å². The lowest BCUT2D eigenvalue weighted by Crippen LogP contribution is -2.53. The molecule has 1 aromatic rings. The molecule has 1 aliphatic rings. The van der Waals surface area contributed by atoms with Gasteiger partial charge in [0.15, 0.2) is 0 Å². The second-order valence-electron chi connectivity index (χ2n) is 5.95. The standard InChI is InChI=1S/C15H21BrF3N3O2S/c1-11(9-24-10-15(17,18)19)20-14(23)22-6-4-21(5-7-22)8-12-2-3-13(16)25-12/h2-3,11H,4-10H2,1H3,(H,20,23). The molecule has 1 N–H and O–H groups in total. The minimum absolute atomic E-state index is 0.168. The number of ether oxygens (including phenoxy) is 1. The fraction of sp³-hybridized carbons (Fsp3) is 0.667. The van der Waals surface area contributed by atoms with Crippen molar-refractivity contribution < 1.29 is 22.7 Å². The molecule has 2 amide bonds. The number of alkyl halides is 3. The van der Waals surface area contributed by atoms with Crippen LogP contribution in [0, 0.1) is 0 Å². The van der Waals surface area contributed by atoms with Crippen LogP contribution in [0.2, 0.25) is 0 Å². The van der Waals surface area contributed by atoms with Crippen molar-refractivity contribution in [2.45, 2.75) is 25.7 Å². The number of carbonyl (C=O) groups is 1. The number of amides is 2. The largest absolute Gasteiger partial charge is 0.411 e. The van der Waals surface area contributed by atoms with E-state index in [4.69, 9.17) is 0 Å². The molecule has 0 saturated carbocycles. The van der Waals surface area contributed by atoms with Crippen LogP contribution in [-0.4, -0.2) is 67.4 Å². The van der Waals surface area contributed by atoms with E-state index < -0.39 is 18.8 Å². The van der Waals surface area contributed by atoms with Crippen LogP contribution in [0.25, 0.3) is 0 Å². The molecule has 2 rings (SSSR count). The summed E-state index contributed by atoms with van der Waals surface area (Å²) in [6.45, 7) is 3.72. The Morgan fingerprint density at radius 2 is 2.04 bits per heavy atom. The van der Waals surface area contributed by atoms with Gasteiger partial charge in [-0.25, -0.2) is 4.79 Å². The zero-order valence-electron chi connectivity index (χ0n) is 13.8. The predicted molar refractivity (Wildman–Crippen MR) is 93.7 cm³/mol. The van der Waals surface area contributed by atoms with Crippen LogP contribution in [0.5, 0.6) is 0 Å². The molecular weight excluding hydrogens is 423 g/mol. The maximum atomic E-state index is 12.2. The second-order valence-corrected chi connectivity index (χ2v) is 8.50. The summed E-state index contributed by atoms with van der Waals surface area (Å²) >= 11 is 5.14. The lowest BCUT2D eigenvalue weighted by Gasteiger charge is -2.35. The number of carbonyl (C=O) groups excluding carboxylic acids is 1. The number of hydrogen-bond donors (Lipinski definition) is 1. The summed E-state index contributed by atoms with van der Waals surface area (Å²) in [6.07, 6.45) is -4.35. The summed E-state index contributed by atoms with van der Waals surface area (Å²) in [4.78, 5) is 17.4. The average Bonchev–Trinajstić information content (AvgIpc) is 2.91. The Bertz CT molecular complexity index is 562. The van der Waals surface area contributed by atoms with Crippen molar-refractivity contribution in [2.75, 3.05) is 39.4 Å². The first-order chi connectivity index (χ1) is 11.7. The van der Waals surface area contributed by atoms with Crippen LogP contribution in [-0.2, 0) is 11.3 Å². The molecule has 25 heavy (non-hydrogen) atoms. The van der Waals surface area contributed by atoms with Crippen LogP contribution >= 0.6 is 27.3 Å². The molecule has 1 unspecified atom stereocenters. The number of halogens is 4. The monoisotopic (exact) mass is 443 g/mol. The van der Waals surface area contributed by atoms with Gasteiger partial charge in [-0.2, -0.15) is 13.2 Å². The molecule has 142 valence electrons. The molecule has 1 atom stereocenters. The number of nitrogens with zero attached hydrogens (tertiary/aromatic N) is 2. The molecular formula is C15H21BrF3N3O2S. The number of hydrogen-bond acceptors (Lipinski definition) is 4. The molecule has 0 radical (unpaired) electrons. The van der Waals surface area contributed by atoms with Gasteiger partial charge in [0, 0.05) is 37.6 Å². The lowest BCUT2D eigenvalue weighted by atomic mass is 10.3. The summed E-state index contributed by atoms with van der Waals surface area (Å²) in [5.41, 5.74) is 0. The second kappa shape index (κ2) is 9.20. The third kappa shape index (κ3) is 7.51. The van der Waals surface area contributed by atoms with Gasteiger partial charge in [0.25, 0.3) is 0 Å². The Morgan fingerprint density at radius 3 is 2.60 bits per heavy atom. The number of nitrogens with one attached hydrogen (secondary N) is 1. The Hall–Kier alpha value is -0.840. The van der Waals surface area contributed by atoms with E-state index in [1.165, 1.54) is 4.88 Å². The molecule has 1 aliphatic heterocycles. The first-order valence-electron chi connectivity index (χ1n) is 7.89. The molecule has 0 aliphatic carbocycles. The van der Waals surface area contributed by atoms with E-state index in [2.05, 4.69) is 36.9 Å². The van der Waals surface area contributed by atoms with Gasteiger partial charge in [0.2, 0.25) is 0 Å². The van der Waals surface area contributed by atoms with E-state index in [9.17, 15) is 18.0 Å². The molecule has 0 bridgehead atoms. The molecule has 1 aromatic heterocycles. The summed E-state index contributed by atoms with van der Waals surface area (Å²) in [6, 6.07) is 3.36. The molecule has 0 aromatic carbocycles. The van der Waals surface area contributed by atoms with E-state index in [1.54, 1.807) is 23.2 Å². The van der Waals surface area contributed by atoms with Crippen LogP contribution in [0.15, 0.2) is 15.9 Å². The van der Waals surface area contributed by atoms with Gasteiger partial charge in [-0.05, 0) is 35.0 Å². The first-order valence-corrected chi connectivity index (χ1v) is 9.50. The van der Waals surface area contributed by atoms with E-state index >= 15 is 0 Å². The maximum Gasteiger partial charge on any atom is 0.411 e. The van der Waals surface area contributed by atoms with Crippen molar-refractivity contribution in [3.05, 3.63) is 20.8 Å². The van der Waals surface area contributed by atoms with Crippen molar-refractivity contribution >= 4 is 33.3 Å². The molecule has 2 heterocycles. The summed E-state index contributed by atoms with van der Waals surface area (Å²) < 4.78 is 41.7. The van der Waals surface area contributed by atoms with Gasteiger partial charge >= 0.3 is 12.2 Å². The average molecular weight is 444 g/mol. The Morgan fingerprint density at radius 1 is 1.36 bits per heavy atom. The zero-order chi connectivity index (χ0) is 18.4. The highest BCUT2D eigenvalue weighted by atomic mass is 79.9. The van der Waals surface area contributed by atoms with Gasteiger partial charge in [-0.1, -0.05) is 0 Å². The highest BCUT2D eigenvalue weighted by Gasteiger charge is 2.28. The summed E-state index contributed by atoms with van der Waals surface area (Å²) in [7, 11) is 0. The van der Waals surface area contributed by atoms with E-state index in [-0.39, 0.29) is 12.6 Å². The van der Waals surface area contributed by atoms with Gasteiger partial charge in [0.05, 0.1) is 16.4 Å². The molecule has 0 spiro atoms. The third-order valence-corrected chi connectivity index (χ3v) is 5.28. The minimum Gasteiger partial charge on any atom is -0.370 e. The highest BCUT2D eigenvalue weighted by Crippen LogP contribution is 2.23. The van der Waals surface area contributed by atoms with Crippen molar-refractivity contribution in [1.82, 2.24) is 15.1 Å². The first kappa shape index (κ1) is 20.5. The fourth-order valence-corrected chi connectivity index (χ4v) is 3.99. The normalized spacial score (nSPS) is 17.6. The SMILES string of the molecule is CC(COCC(F)(F)F)NC(=O)N1CCN(Cc2ccc(Br)s2)CC1. The molecule has 1 fully saturated rings. The van der Waals surface area contributed by atoms with Crippen LogP contribution in [0.3, 0.4) is 0 Å². The minimum atomic E-state index is -4.35. The summed E-state index contributed by atoms with van der Waals surface area (Å²) in [5.74, 6) is 0. The lowest BCUT2D eigenvalue weighted by molar-refractivity contribution is -0.174. The van der Waals surface area contributed by atoms with Crippen molar-refractivity contribution in [2.24, 2.45) is 0 Å². The smallest absolute Gasteiger partial charge is 0.370 e. The molecule has 10 heteroatoms. The molecule has 1 saturated heterocycles. The topological polar surface area (TPSA) is 44.8 Å². The quantitative estimate of drug-likeness (QED) is 0.733. The van der Waals surface area contributed by atoms with Crippen molar-refractivity contribution in [3.8, 4) is 0 Å². The fourth-order valence-electron chi connectivity index (χ4n) is 2.46. The van der Waals surface area contributed by atoms with Gasteiger partial charge < -0.3 is 15.0 Å². The maximum absolute atomic E-state index is 12.2. The summed E-state index contributed by atoms with van der Waals surface area (Å²) in [5, 5.41) is 2.68. The van der Waals surface area contributed by atoms with Gasteiger partial charge in [-0.3, -0.25) is 4.90 Å². The van der Waals surface area contributed by atoms with Crippen LogP contribution in [0.4, 0.5) is 18.0 Å². The van der Waals surface area contributed by atoms with Crippen molar-refractivity contribution in [3.63, 3.8) is 0 Å². The highest BCUT2D eigenvalue weighted by molar-refractivity contribution is 9.11. The van der Waals surface area contributed by atoms with E-state index in [1.807, 2.05) is 6.07 Å². The Balaban J connectivity index is 1.66. The molecule has 5 nitrogen and oxygen atoms in total. The van der Waals surface area contributed by atoms with Crippen molar-refractivity contribution in [1.29, 1.82) is 0 Å².